The molecule has 0 aromatic carbocycles. The van der Waals surface area contributed by atoms with E-state index < -0.39 is 23.1 Å². The van der Waals surface area contributed by atoms with Gasteiger partial charge in [-0.25, -0.2) is 10.0 Å². The van der Waals surface area contributed by atoms with E-state index in [0.29, 0.717) is 24.2 Å². The highest BCUT2D eigenvalue weighted by Crippen LogP contribution is 2.74. The number of allylic oxidation sites excluding steroid dienone is 2. The molecule has 7 aliphatic rings. The number of hydrazine groups is 1. The minimum Gasteiger partial charge on any atom is -0.393 e. The molecule has 7 rings (SSSR count). The van der Waals surface area contributed by atoms with Crippen molar-refractivity contribution in [3.63, 3.8) is 0 Å². The van der Waals surface area contributed by atoms with Crippen LogP contribution in [0.25, 0.3) is 0 Å². The molecular formula is C34H44N2O3. The van der Waals surface area contributed by atoms with Crippen LogP contribution >= 0.6 is 0 Å². The van der Waals surface area contributed by atoms with Crippen molar-refractivity contribution in [1.82, 2.24) is 10.0 Å². The molecule has 2 amide bonds. The number of hydrogen-bond donors (Lipinski definition) is 1. The van der Waals surface area contributed by atoms with Crippen LogP contribution in [0, 0.1) is 70.5 Å². The molecule has 3 saturated carbocycles. The Morgan fingerprint density at radius 1 is 1.05 bits per heavy atom. The molecule has 2 saturated heterocycles. The number of aliphatic hydroxyl groups excluding tert-OH is 1. The van der Waals surface area contributed by atoms with Gasteiger partial charge in [-0.15, -0.1) is 6.42 Å². The van der Waals surface area contributed by atoms with E-state index in [9.17, 15) is 14.7 Å². The van der Waals surface area contributed by atoms with Gasteiger partial charge in [-0.05, 0) is 85.4 Å². The average molecular weight is 529 g/mol. The lowest BCUT2D eigenvalue weighted by Gasteiger charge is -2.76. The number of amides is 2. The van der Waals surface area contributed by atoms with Crippen molar-refractivity contribution in [3.8, 4) is 24.2 Å². The zero-order valence-electron chi connectivity index (χ0n) is 24.2. The second-order valence-corrected chi connectivity index (χ2v) is 14.1. The van der Waals surface area contributed by atoms with Gasteiger partial charge in [-0.3, -0.25) is 9.59 Å². The van der Waals surface area contributed by atoms with E-state index in [4.69, 9.17) is 6.42 Å². The normalized spacial score (nSPS) is 47.2. The molecule has 2 bridgehead atoms. The number of hydrogen-bond acceptors (Lipinski definition) is 3. The third-order valence-electron chi connectivity index (χ3n) is 12.6. The molecule has 3 heterocycles. The van der Waals surface area contributed by atoms with Crippen LogP contribution in [-0.2, 0) is 9.59 Å². The monoisotopic (exact) mass is 528 g/mol. The molecule has 5 nitrogen and oxygen atoms in total. The number of carbonyl (C=O) groups excluding carboxylic acids is 2. The molecule has 0 aromatic rings. The Kier molecular flexibility index (Phi) is 5.99. The van der Waals surface area contributed by atoms with Crippen molar-refractivity contribution in [2.45, 2.75) is 103 Å². The predicted molar refractivity (Wildman–Crippen MR) is 151 cm³/mol. The summed E-state index contributed by atoms with van der Waals surface area (Å²) in [7, 11) is 0. The molecule has 1 N–H and O–H groups in total. The Morgan fingerprint density at radius 2 is 1.79 bits per heavy atom. The highest BCUT2D eigenvalue weighted by atomic mass is 16.3. The van der Waals surface area contributed by atoms with Gasteiger partial charge in [0.2, 0.25) is 0 Å². The Balaban J connectivity index is 1.50. The van der Waals surface area contributed by atoms with Crippen molar-refractivity contribution in [2.75, 3.05) is 0 Å². The molecule has 0 radical (unpaired) electrons. The van der Waals surface area contributed by atoms with Crippen LogP contribution in [-0.4, -0.2) is 44.1 Å². The molecule has 208 valence electrons. The summed E-state index contributed by atoms with van der Waals surface area (Å²) in [6.07, 6.45) is 21.8. The van der Waals surface area contributed by atoms with Crippen molar-refractivity contribution in [2.24, 2.45) is 46.3 Å². The Morgan fingerprint density at radius 3 is 2.51 bits per heavy atom. The summed E-state index contributed by atoms with van der Waals surface area (Å²) in [5, 5.41) is 14.6. The number of aliphatic hydroxyl groups is 1. The lowest BCUT2D eigenvalue weighted by atomic mass is 9.40. The first kappa shape index (κ1) is 26.7. The van der Waals surface area contributed by atoms with E-state index in [2.05, 4.69) is 76.7 Å². The Bertz CT molecular complexity index is 1250. The van der Waals surface area contributed by atoms with Gasteiger partial charge < -0.3 is 5.11 Å². The fourth-order valence-corrected chi connectivity index (χ4v) is 10.5. The fourth-order valence-electron chi connectivity index (χ4n) is 10.5. The number of nitrogens with zero attached hydrogens (tertiary/aromatic N) is 2. The molecule has 5 heteroatoms. The van der Waals surface area contributed by atoms with Gasteiger partial charge in [0.1, 0.15) is 0 Å². The number of terminal acetylenes is 1. The number of carbonyl (C=O) groups is 2. The van der Waals surface area contributed by atoms with Crippen LogP contribution in [0.4, 0.5) is 0 Å². The molecule has 4 aliphatic carbocycles. The second-order valence-electron chi connectivity index (χ2n) is 14.1. The minimum atomic E-state index is -1.07. The molecule has 11 atom stereocenters. The summed E-state index contributed by atoms with van der Waals surface area (Å²) in [4.78, 5) is 28.4. The molecule has 2 spiro atoms. The van der Waals surface area contributed by atoms with Gasteiger partial charge in [0.25, 0.3) is 11.8 Å². The minimum absolute atomic E-state index is 0.0551. The summed E-state index contributed by atoms with van der Waals surface area (Å²) in [5.41, 5.74) is -1.43. The van der Waals surface area contributed by atoms with E-state index in [1.54, 1.807) is 5.01 Å². The maximum absolute atomic E-state index is 14.3. The smallest absolute Gasteiger partial charge is 0.266 e. The SMILES string of the molecule is C#CC#CC1C(=O)N2N(C1=O)[C@@]13C=C[C@@]24C2CC[C@@H]([C@H](C)C=C[C@H](C)CC)[C@@]2(C)CCC4[C@@]1(C)CC[C@H](O)C3. The summed E-state index contributed by atoms with van der Waals surface area (Å²) in [6, 6.07) is 0. The summed E-state index contributed by atoms with van der Waals surface area (Å²) >= 11 is 0. The lowest BCUT2D eigenvalue weighted by Crippen LogP contribution is -2.84. The number of fused-ring (bicyclic) bond motifs is 1. The first-order valence-electron chi connectivity index (χ1n) is 15.2. The molecule has 39 heavy (non-hydrogen) atoms. The van der Waals surface area contributed by atoms with Crippen LogP contribution in [0.1, 0.15) is 86.0 Å². The topological polar surface area (TPSA) is 60.9 Å². The fraction of sp³-hybridized carbons (Fsp3) is 0.706. The molecule has 3 aliphatic heterocycles. The second kappa shape index (κ2) is 8.75. The van der Waals surface area contributed by atoms with Crippen LogP contribution in [0.3, 0.4) is 0 Å². The predicted octanol–water partition coefficient (Wildman–Crippen LogP) is 5.12. The van der Waals surface area contributed by atoms with Crippen LogP contribution in [0.2, 0.25) is 0 Å². The van der Waals surface area contributed by atoms with Crippen molar-refractivity contribution < 1.29 is 14.7 Å². The largest absolute Gasteiger partial charge is 0.393 e. The van der Waals surface area contributed by atoms with Crippen molar-refractivity contribution in [1.29, 1.82) is 0 Å². The van der Waals surface area contributed by atoms with Gasteiger partial charge in [0.05, 0.1) is 17.2 Å². The van der Waals surface area contributed by atoms with Crippen LogP contribution < -0.4 is 0 Å². The van der Waals surface area contributed by atoms with Crippen molar-refractivity contribution >= 4 is 11.8 Å². The summed E-state index contributed by atoms with van der Waals surface area (Å²) in [6.45, 7) is 11.7. The van der Waals surface area contributed by atoms with E-state index in [-0.39, 0.29) is 34.5 Å². The highest BCUT2D eigenvalue weighted by molar-refractivity contribution is 6.09. The van der Waals surface area contributed by atoms with Gasteiger partial charge >= 0.3 is 0 Å². The standard InChI is InChI=1S/C34H44N2O3/c1-7-9-10-25-29(38)35-33-19-20-34(36(35)30(25)39)27-14-13-26(23(4)12-11-22(3)8-2)31(27,5)17-16-28(34)32(33,6)18-15-24(37)21-33/h1,11-12,19-20,22-28,37H,8,13-18,21H2,2-6H3/t22-,23-,24+,25?,26+,27?,28?,31-,32-,33-,34+/m1/s1. The Hall–Kier alpha value is -2.50. The maximum Gasteiger partial charge on any atom is 0.266 e. The van der Waals surface area contributed by atoms with E-state index in [0.717, 1.165) is 44.9 Å². The zero-order valence-corrected chi connectivity index (χ0v) is 24.2. The van der Waals surface area contributed by atoms with Gasteiger partial charge in [0, 0.05) is 11.8 Å². The molecule has 3 unspecified atom stereocenters. The summed E-state index contributed by atoms with van der Waals surface area (Å²) in [5.74, 6) is 8.19. The van der Waals surface area contributed by atoms with E-state index in [1.807, 2.05) is 5.01 Å². The molecular weight excluding hydrogens is 484 g/mol. The van der Waals surface area contributed by atoms with Gasteiger partial charge in [-0.2, -0.15) is 0 Å². The maximum atomic E-state index is 14.3. The van der Waals surface area contributed by atoms with Gasteiger partial charge in [-0.1, -0.05) is 71.3 Å². The van der Waals surface area contributed by atoms with Crippen molar-refractivity contribution in [3.05, 3.63) is 24.3 Å². The molecule has 5 fully saturated rings. The first-order chi connectivity index (χ1) is 18.5. The summed E-state index contributed by atoms with van der Waals surface area (Å²) < 4.78 is 0. The Labute approximate surface area is 234 Å². The third-order valence-corrected chi connectivity index (χ3v) is 12.6. The van der Waals surface area contributed by atoms with Crippen LogP contribution in [0.15, 0.2) is 24.3 Å². The first-order valence-corrected chi connectivity index (χ1v) is 15.2. The van der Waals surface area contributed by atoms with E-state index in [1.165, 1.54) is 0 Å². The third kappa shape index (κ3) is 3.15. The lowest BCUT2D eigenvalue weighted by molar-refractivity contribution is -0.287. The van der Waals surface area contributed by atoms with Gasteiger partial charge in [0.15, 0.2) is 5.92 Å². The average Bonchev–Trinajstić information content (AvgIpc) is 3.40. The van der Waals surface area contributed by atoms with E-state index >= 15 is 0 Å². The number of rotatable bonds is 4. The molecule has 0 aromatic heterocycles. The highest BCUT2D eigenvalue weighted by Gasteiger charge is 2.80. The quantitative estimate of drug-likeness (QED) is 0.313. The zero-order chi connectivity index (χ0) is 28.0. The van der Waals surface area contributed by atoms with Crippen LogP contribution in [0.5, 0.6) is 0 Å².